The van der Waals surface area contributed by atoms with Crippen LogP contribution in [0.3, 0.4) is 0 Å². The number of nitrogens with zero attached hydrogens (tertiary/aromatic N) is 8. The summed E-state index contributed by atoms with van der Waals surface area (Å²) in [6.07, 6.45) is 1.18. The molecule has 0 saturated carbocycles. The Bertz CT molecular complexity index is 1840. The monoisotopic (exact) mass is 708 g/mol. The Morgan fingerprint density at radius 2 is 1.88 bits per heavy atom. The van der Waals surface area contributed by atoms with Gasteiger partial charge in [0.05, 0.1) is 61.1 Å². The van der Waals surface area contributed by atoms with E-state index in [1.165, 1.54) is 0 Å². The van der Waals surface area contributed by atoms with Crippen molar-refractivity contribution in [1.29, 1.82) is 5.26 Å². The molecule has 50 heavy (non-hydrogen) atoms. The van der Waals surface area contributed by atoms with Crippen LogP contribution in [-0.2, 0) is 17.8 Å². The van der Waals surface area contributed by atoms with Gasteiger partial charge in [-0.3, -0.25) is 9.69 Å². The lowest BCUT2D eigenvalue weighted by molar-refractivity contribution is -0.132. The van der Waals surface area contributed by atoms with Crippen molar-refractivity contribution in [3.8, 4) is 12.1 Å². The number of halogens is 4. The van der Waals surface area contributed by atoms with Crippen LogP contribution in [0.1, 0.15) is 31.0 Å². The zero-order valence-corrected chi connectivity index (χ0v) is 28.9. The van der Waals surface area contributed by atoms with E-state index in [2.05, 4.69) is 15.9 Å². The molecule has 0 radical (unpaired) electrons. The summed E-state index contributed by atoms with van der Waals surface area (Å²) >= 11 is 6.70. The van der Waals surface area contributed by atoms with E-state index in [9.17, 15) is 23.2 Å². The molecule has 5 heterocycles. The smallest absolute Gasteiger partial charge is 0.318 e. The topological polar surface area (TPSA) is 92.1 Å². The quantitative estimate of drug-likeness (QED) is 0.298. The number of anilines is 2. The highest BCUT2D eigenvalue weighted by Gasteiger charge is 2.44. The number of nitriles is 1. The van der Waals surface area contributed by atoms with E-state index >= 15 is 0 Å². The van der Waals surface area contributed by atoms with Crippen molar-refractivity contribution in [2.75, 3.05) is 69.3 Å². The number of allylic oxidation sites excluding steroid dienone is 1. The minimum absolute atomic E-state index is 0.00860. The van der Waals surface area contributed by atoms with E-state index in [0.29, 0.717) is 55.7 Å². The van der Waals surface area contributed by atoms with Gasteiger partial charge in [-0.05, 0) is 37.9 Å². The summed E-state index contributed by atoms with van der Waals surface area (Å²) < 4.78 is 48.1. The SMILES string of the molecule is C/C=C(\C(=O)N1CCN(c2nc(OCC3CC(F)(F)CN3C)nc3c2CCN(c2cccc4cccc(Cl)c24)C3)CC1CC#N)N1CC(F)C1. The molecule has 264 valence electrons. The number of rotatable bonds is 8. The zero-order chi connectivity index (χ0) is 35.2. The fourth-order valence-corrected chi connectivity index (χ4v) is 7.96. The second kappa shape index (κ2) is 13.8. The third kappa shape index (κ3) is 6.63. The summed E-state index contributed by atoms with van der Waals surface area (Å²) in [6.45, 7) is 4.06. The maximum atomic E-state index is 14.2. The Balaban J connectivity index is 1.19. The number of piperazine rings is 1. The maximum Gasteiger partial charge on any atom is 0.318 e. The van der Waals surface area contributed by atoms with E-state index in [0.717, 1.165) is 27.7 Å². The molecule has 0 aliphatic carbocycles. The molecule has 3 aromatic rings. The lowest BCUT2D eigenvalue weighted by Crippen LogP contribution is -2.58. The standard InChI is InChI=1S/C36H40ClF3N8O2/c1-3-30(47-17-24(38)18-47)34(49)48-15-14-46(19-25(48)10-12-41)33-27-11-13-45(31-9-5-7-23-6-4-8-28(37)32(23)31)20-29(27)42-35(43-33)50-21-26-16-36(39,40)22-44(26)2/h3-9,24-26H,10-11,13-22H2,1-2H3/b30-3+. The van der Waals surface area contributed by atoms with Crippen molar-refractivity contribution < 1.29 is 22.7 Å². The van der Waals surface area contributed by atoms with Gasteiger partial charge in [0, 0.05) is 55.3 Å². The second-order valence-corrected chi connectivity index (χ2v) is 14.0. The van der Waals surface area contributed by atoms with Crippen LogP contribution in [0.25, 0.3) is 10.8 Å². The average molecular weight is 709 g/mol. The lowest BCUT2D eigenvalue weighted by atomic mass is 10.0. The molecule has 1 amide bonds. The van der Waals surface area contributed by atoms with Crippen LogP contribution in [0.4, 0.5) is 24.7 Å². The molecule has 7 rings (SSSR count). The van der Waals surface area contributed by atoms with Crippen molar-refractivity contribution in [1.82, 2.24) is 24.7 Å². The molecule has 4 aliphatic heterocycles. The molecular formula is C36H40ClF3N8O2. The van der Waals surface area contributed by atoms with Crippen LogP contribution < -0.4 is 14.5 Å². The third-order valence-corrected chi connectivity index (χ3v) is 10.6. The number of hydrogen-bond donors (Lipinski definition) is 0. The molecule has 2 unspecified atom stereocenters. The number of fused-ring (bicyclic) bond motifs is 2. The molecule has 3 saturated heterocycles. The first kappa shape index (κ1) is 34.2. The van der Waals surface area contributed by atoms with Crippen LogP contribution in [0.15, 0.2) is 48.2 Å². The maximum absolute atomic E-state index is 14.2. The first-order chi connectivity index (χ1) is 24.0. The Morgan fingerprint density at radius 3 is 2.58 bits per heavy atom. The highest BCUT2D eigenvalue weighted by atomic mass is 35.5. The highest BCUT2D eigenvalue weighted by Crippen LogP contribution is 2.38. The molecule has 10 nitrogen and oxygen atoms in total. The number of amides is 1. The number of ether oxygens (including phenoxy) is 1. The largest absolute Gasteiger partial charge is 0.462 e. The van der Waals surface area contributed by atoms with Crippen LogP contribution in [0.5, 0.6) is 6.01 Å². The lowest BCUT2D eigenvalue weighted by Gasteiger charge is -2.45. The minimum Gasteiger partial charge on any atom is -0.462 e. The van der Waals surface area contributed by atoms with Crippen molar-refractivity contribution in [2.45, 2.75) is 56.9 Å². The van der Waals surface area contributed by atoms with Gasteiger partial charge >= 0.3 is 6.01 Å². The number of alkyl halides is 3. The summed E-state index contributed by atoms with van der Waals surface area (Å²) in [5, 5.41) is 12.4. The van der Waals surface area contributed by atoms with E-state index in [1.54, 1.807) is 34.7 Å². The molecule has 1 aromatic heterocycles. The molecule has 2 aromatic carbocycles. The number of likely N-dealkylation sites (tertiary alicyclic amines) is 2. The minimum atomic E-state index is -2.78. The summed E-state index contributed by atoms with van der Waals surface area (Å²) in [6, 6.07) is 13.3. The van der Waals surface area contributed by atoms with Crippen molar-refractivity contribution in [3.63, 3.8) is 0 Å². The van der Waals surface area contributed by atoms with Crippen molar-refractivity contribution >= 4 is 39.8 Å². The predicted octanol–water partition coefficient (Wildman–Crippen LogP) is 5.05. The van der Waals surface area contributed by atoms with Gasteiger partial charge in [-0.25, -0.2) is 13.2 Å². The number of aromatic nitrogens is 2. The molecule has 3 fully saturated rings. The number of benzene rings is 2. The van der Waals surface area contributed by atoms with E-state index < -0.39 is 24.2 Å². The Morgan fingerprint density at radius 1 is 1.10 bits per heavy atom. The predicted molar refractivity (Wildman–Crippen MR) is 185 cm³/mol. The van der Waals surface area contributed by atoms with E-state index in [1.807, 2.05) is 36.4 Å². The van der Waals surface area contributed by atoms with Gasteiger partial charge in [-0.2, -0.15) is 15.2 Å². The van der Waals surface area contributed by atoms with Gasteiger partial charge in [0.25, 0.3) is 11.8 Å². The molecule has 2 atom stereocenters. The van der Waals surface area contributed by atoms with Gasteiger partial charge in [0.15, 0.2) is 0 Å². The van der Waals surface area contributed by atoms with Crippen molar-refractivity contribution in [3.05, 3.63) is 64.5 Å². The zero-order valence-electron chi connectivity index (χ0n) is 28.2. The number of carbonyl (C=O) groups is 1. The summed E-state index contributed by atoms with van der Waals surface area (Å²) in [5.74, 6) is -2.33. The molecule has 0 bridgehead atoms. The summed E-state index contributed by atoms with van der Waals surface area (Å²) in [5.41, 5.74) is 3.14. The molecule has 0 N–H and O–H groups in total. The highest BCUT2D eigenvalue weighted by molar-refractivity contribution is 6.36. The van der Waals surface area contributed by atoms with Gasteiger partial charge < -0.3 is 24.3 Å². The van der Waals surface area contributed by atoms with Crippen molar-refractivity contribution in [2.24, 2.45) is 0 Å². The van der Waals surface area contributed by atoms with Crippen LogP contribution in [0.2, 0.25) is 5.02 Å². The second-order valence-electron chi connectivity index (χ2n) is 13.6. The number of likely N-dealkylation sites (N-methyl/N-ethyl adjacent to an activating group) is 1. The molecule has 0 spiro atoms. The Hall–Kier alpha value is -4.28. The normalized spacial score (nSPS) is 22.8. The third-order valence-electron chi connectivity index (χ3n) is 10.3. The summed E-state index contributed by atoms with van der Waals surface area (Å²) in [4.78, 5) is 32.8. The van der Waals surface area contributed by atoms with E-state index in [-0.39, 0.29) is 51.0 Å². The molecule has 4 aliphatic rings. The fraction of sp³-hybridized carbons (Fsp3) is 0.500. The Kier molecular flexibility index (Phi) is 9.43. The fourth-order valence-electron chi connectivity index (χ4n) is 7.68. The van der Waals surface area contributed by atoms with Gasteiger partial charge in [0.1, 0.15) is 18.6 Å². The van der Waals surface area contributed by atoms with Crippen LogP contribution >= 0.6 is 11.6 Å². The number of hydrogen-bond acceptors (Lipinski definition) is 9. The van der Waals surface area contributed by atoms with E-state index in [4.69, 9.17) is 26.3 Å². The van der Waals surface area contributed by atoms with Crippen LogP contribution in [-0.4, -0.2) is 114 Å². The summed E-state index contributed by atoms with van der Waals surface area (Å²) in [7, 11) is 1.66. The number of carbonyl (C=O) groups excluding carboxylic acids is 1. The van der Waals surface area contributed by atoms with Gasteiger partial charge in [-0.1, -0.05) is 41.9 Å². The Labute approximate surface area is 294 Å². The first-order valence-electron chi connectivity index (χ1n) is 17.1. The molecule has 14 heteroatoms. The first-order valence-corrected chi connectivity index (χ1v) is 17.4. The average Bonchev–Trinajstić information content (AvgIpc) is 3.36. The molecular weight excluding hydrogens is 669 g/mol. The van der Waals surface area contributed by atoms with Gasteiger partial charge in [-0.15, -0.1) is 0 Å². The van der Waals surface area contributed by atoms with Crippen LogP contribution in [0, 0.1) is 11.3 Å². The van der Waals surface area contributed by atoms with Gasteiger partial charge in [0.2, 0.25) is 0 Å².